The van der Waals surface area contributed by atoms with E-state index in [4.69, 9.17) is 32.5 Å². The fraction of sp³-hybridized carbons (Fsp3) is 0.375. The average molecular weight is 419 g/mol. The van der Waals surface area contributed by atoms with Crippen molar-refractivity contribution < 1.29 is 22.5 Å². The van der Waals surface area contributed by atoms with Crippen molar-refractivity contribution in [2.75, 3.05) is 6.54 Å². The van der Waals surface area contributed by atoms with Gasteiger partial charge in [-0.05, 0) is 38.8 Å². The summed E-state index contributed by atoms with van der Waals surface area (Å²) in [5.74, 6) is -0.438. The van der Waals surface area contributed by atoms with Crippen molar-refractivity contribution in [3.8, 4) is 5.75 Å². The normalized spacial score (nSPS) is 18.2. The Labute approximate surface area is 160 Å². The number of aromatic nitrogens is 1. The molecule has 0 aliphatic carbocycles. The average Bonchev–Trinajstić information content (AvgIpc) is 3.19. The number of carbonyl (C=O) groups is 1. The highest BCUT2D eigenvalue weighted by molar-refractivity contribution is 7.89. The zero-order chi connectivity index (χ0) is 19.1. The Kier molecular flexibility index (Phi) is 5.30. The molecule has 0 bridgehead atoms. The van der Waals surface area contributed by atoms with E-state index in [0.717, 1.165) is 4.31 Å². The summed E-state index contributed by atoms with van der Waals surface area (Å²) < 4.78 is 37.4. The third kappa shape index (κ3) is 3.34. The maximum atomic E-state index is 13.0. The Morgan fingerprint density at radius 2 is 2.08 bits per heavy atom. The molecule has 1 unspecified atom stereocenters. The van der Waals surface area contributed by atoms with Crippen LogP contribution in [0.3, 0.4) is 0 Å². The summed E-state index contributed by atoms with van der Waals surface area (Å²) in [5, 5.41) is 4.02. The van der Waals surface area contributed by atoms with Gasteiger partial charge in [-0.25, -0.2) is 13.2 Å². The number of benzene rings is 1. The van der Waals surface area contributed by atoms with Crippen LogP contribution in [0.5, 0.6) is 5.75 Å². The van der Waals surface area contributed by atoms with Crippen LogP contribution in [0, 0.1) is 13.8 Å². The monoisotopic (exact) mass is 418 g/mol. The molecule has 0 N–H and O–H groups in total. The van der Waals surface area contributed by atoms with Crippen molar-refractivity contribution >= 4 is 39.2 Å². The van der Waals surface area contributed by atoms with Crippen molar-refractivity contribution in [2.24, 2.45) is 0 Å². The molecule has 26 heavy (non-hydrogen) atoms. The van der Waals surface area contributed by atoms with E-state index < -0.39 is 22.0 Å². The number of aryl methyl sites for hydroxylation is 2. The van der Waals surface area contributed by atoms with Gasteiger partial charge in [0, 0.05) is 6.54 Å². The van der Waals surface area contributed by atoms with E-state index in [2.05, 4.69) is 5.16 Å². The van der Waals surface area contributed by atoms with Crippen molar-refractivity contribution in [3.05, 3.63) is 39.7 Å². The van der Waals surface area contributed by atoms with Gasteiger partial charge in [0.05, 0.1) is 5.02 Å². The van der Waals surface area contributed by atoms with Crippen LogP contribution in [0.1, 0.15) is 24.3 Å². The number of sulfonamides is 1. The molecule has 1 fully saturated rings. The van der Waals surface area contributed by atoms with Gasteiger partial charge in [0.15, 0.2) is 11.5 Å². The molecule has 140 valence electrons. The third-order valence-corrected chi connectivity index (χ3v) is 7.09. The molecule has 1 aromatic carbocycles. The summed E-state index contributed by atoms with van der Waals surface area (Å²) in [5.41, 5.74) is 0.249. The van der Waals surface area contributed by atoms with Gasteiger partial charge < -0.3 is 9.26 Å². The molecule has 1 aliphatic rings. The zero-order valence-electron chi connectivity index (χ0n) is 14.0. The first-order valence-electron chi connectivity index (χ1n) is 7.84. The molecule has 1 atom stereocenters. The molecule has 0 saturated carbocycles. The van der Waals surface area contributed by atoms with Gasteiger partial charge in [0.2, 0.25) is 10.0 Å². The van der Waals surface area contributed by atoms with Gasteiger partial charge in [-0.1, -0.05) is 34.4 Å². The Morgan fingerprint density at radius 1 is 1.35 bits per heavy atom. The Hall–Kier alpha value is -1.61. The number of hydrogen-bond acceptors (Lipinski definition) is 6. The SMILES string of the molecule is Cc1noc(C)c1S(=O)(=O)N1CCCC1C(=O)Oc1cccc(Cl)c1Cl. The molecule has 10 heteroatoms. The van der Waals surface area contributed by atoms with Crippen LogP contribution in [0.2, 0.25) is 10.0 Å². The van der Waals surface area contributed by atoms with E-state index in [0.29, 0.717) is 12.8 Å². The second-order valence-corrected chi connectivity index (χ2v) is 8.51. The van der Waals surface area contributed by atoms with Crippen LogP contribution >= 0.6 is 23.2 Å². The molecule has 2 heterocycles. The third-order valence-electron chi connectivity index (χ3n) is 4.14. The molecule has 1 aliphatic heterocycles. The van der Waals surface area contributed by atoms with Gasteiger partial charge in [-0.15, -0.1) is 0 Å². The summed E-state index contributed by atoms with van der Waals surface area (Å²) in [4.78, 5) is 12.6. The first-order valence-corrected chi connectivity index (χ1v) is 10.0. The molecule has 2 aromatic rings. The van der Waals surface area contributed by atoms with E-state index in [-0.39, 0.29) is 38.7 Å². The van der Waals surface area contributed by atoms with E-state index in [1.165, 1.54) is 13.0 Å². The lowest BCUT2D eigenvalue weighted by Crippen LogP contribution is -2.42. The number of carbonyl (C=O) groups excluding carboxylic acids is 1. The molecule has 7 nitrogen and oxygen atoms in total. The minimum atomic E-state index is -3.94. The molecule has 0 spiro atoms. The zero-order valence-corrected chi connectivity index (χ0v) is 16.4. The van der Waals surface area contributed by atoms with Gasteiger partial charge in [0.25, 0.3) is 0 Å². The molecule has 1 aromatic heterocycles. The second kappa shape index (κ2) is 7.19. The van der Waals surface area contributed by atoms with Crippen molar-refractivity contribution in [1.82, 2.24) is 9.46 Å². The summed E-state index contributed by atoms with van der Waals surface area (Å²) in [6.45, 7) is 3.26. The number of halogens is 2. The lowest BCUT2D eigenvalue weighted by Gasteiger charge is -2.22. The molecule has 0 amide bonds. The second-order valence-electron chi connectivity index (χ2n) is 5.90. The van der Waals surface area contributed by atoms with Crippen molar-refractivity contribution in [1.29, 1.82) is 0 Å². The highest BCUT2D eigenvalue weighted by Crippen LogP contribution is 2.34. The number of esters is 1. The van der Waals surface area contributed by atoms with Gasteiger partial charge in [-0.2, -0.15) is 4.31 Å². The summed E-state index contributed by atoms with van der Waals surface area (Å²) in [6.07, 6.45) is 0.880. The van der Waals surface area contributed by atoms with Crippen LogP contribution in [0.15, 0.2) is 27.6 Å². The number of rotatable bonds is 4. The van der Waals surface area contributed by atoms with E-state index in [1.807, 2.05) is 0 Å². The number of hydrogen-bond donors (Lipinski definition) is 0. The van der Waals surface area contributed by atoms with Crippen LogP contribution in [0.25, 0.3) is 0 Å². The van der Waals surface area contributed by atoms with E-state index >= 15 is 0 Å². The summed E-state index contributed by atoms with van der Waals surface area (Å²) in [7, 11) is -3.94. The Balaban J connectivity index is 1.88. The number of nitrogens with zero attached hydrogens (tertiary/aromatic N) is 2. The van der Waals surface area contributed by atoms with Gasteiger partial charge in [0.1, 0.15) is 21.7 Å². The minimum absolute atomic E-state index is 0.0158. The lowest BCUT2D eigenvalue weighted by atomic mass is 10.2. The van der Waals surface area contributed by atoms with Crippen LogP contribution < -0.4 is 4.74 Å². The maximum Gasteiger partial charge on any atom is 0.329 e. The predicted molar refractivity (Wildman–Crippen MR) is 95.0 cm³/mol. The molecule has 0 radical (unpaired) electrons. The first kappa shape index (κ1) is 19.2. The predicted octanol–water partition coefficient (Wildman–Crippen LogP) is 3.36. The highest BCUT2D eigenvalue weighted by Gasteiger charge is 2.43. The van der Waals surface area contributed by atoms with E-state index in [9.17, 15) is 13.2 Å². The number of ether oxygens (including phenoxy) is 1. The first-order chi connectivity index (χ1) is 12.2. The Morgan fingerprint density at radius 3 is 2.73 bits per heavy atom. The van der Waals surface area contributed by atoms with Gasteiger partial charge in [-0.3, -0.25) is 0 Å². The van der Waals surface area contributed by atoms with Crippen molar-refractivity contribution in [3.63, 3.8) is 0 Å². The standard InChI is InChI=1S/C16H16Cl2N2O5S/c1-9-15(10(2)25-19-9)26(22,23)20-8-4-6-12(20)16(21)24-13-7-3-5-11(17)14(13)18/h3,5,7,12H,4,6,8H2,1-2H3. The highest BCUT2D eigenvalue weighted by atomic mass is 35.5. The molecular weight excluding hydrogens is 403 g/mol. The fourth-order valence-electron chi connectivity index (χ4n) is 2.96. The topological polar surface area (TPSA) is 89.7 Å². The Bertz CT molecular complexity index is 938. The smallest absolute Gasteiger partial charge is 0.329 e. The van der Waals surface area contributed by atoms with E-state index in [1.54, 1.807) is 19.1 Å². The minimum Gasteiger partial charge on any atom is -0.424 e. The fourth-order valence-corrected chi connectivity index (χ4v) is 5.23. The van der Waals surface area contributed by atoms with Crippen molar-refractivity contribution in [2.45, 2.75) is 37.6 Å². The molecule has 1 saturated heterocycles. The summed E-state index contributed by atoms with van der Waals surface area (Å²) in [6, 6.07) is 3.69. The maximum absolute atomic E-state index is 13.0. The summed E-state index contributed by atoms with van der Waals surface area (Å²) >= 11 is 11.9. The quantitative estimate of drug-likeness (QED) is 0.558. The van der Waals surface area contributed by atoms with Crippen LogP contribution in [-0.2, 0) is 14.8 Å². The largest absolute Gasteiger partial charge is 0.424 e. The molecular formula is C16H16Cl2N2O5S. The lowest BCUT2D eigenvalue weighted by molar-refractivity contribution is -0.137. The molecule has 3 rings (SSSR count). The van der Waals surface area contributed by atoms with Crippen LogP contribution in [-0.4, -0.2) is 36.4 Å². The van der Waals surface area contributed by atoms with Crippen LogP contribution in [0.4, 0.5) is 0 Å². The van der Waals surface area contributed by atoms with Gasteiger partial charge >= 0.3 is 5.97 Å².